The molecule has 20 heavy (non-hydrogen) atoms. The van der Waals surface area contributed by atoms with Crippen molar-refractivity contribution in [1.29, 1.82) is 0 Å². The van der Waals surface area contributed by atoms with Crippen LogP contribution in [0.2, 0.25) is 0 Å². The van der Waals surface area contributed by atoms with E-state index in [9.17, 15) is 9.59 Å². The van der Waals surface area contributed by atoms with E-state index >= 15 is 0 Å². The Morgan fingerprint density at radius 2 is 1.95 bits per heavy atom. The molecule has 0 saturated carbocycles. The van der Waals surface area contributed by atoms with E-state index in [1.54, 1.807) is 27.0 Å². The zero-order valence-corrected chi connectivity index (χ0v) is 13.2. The van der Waals surface area contributed by atoms with Gasteiger partial charge in [-0.1, -0.05) is 20.8 Å². The Hall–Kier alpha value is -1.63. The summed E-state index contributed by atoms with van der Waals surface area (Å²) >= 11 is 1.50. The van der Waals surface area contributed by atoms with E-state index in [4.69, 9.17) is 5.11 Å². The van der Waals surface area contributed by atoms with Gasteiger partial charge in [-0.2, -0.15) is 0 Å². The highest BCUT2D eigenvalue weighted by atomic mass is 32.1. The van der Waals surface area contributed by atoms with Crippen molar-refractivity contribution in [2.75, 3.05) is 0 Å². The fourth-order valence-corrected chi connectivity index (χ4v) is 2.43. The highest BCUT2D eigenvalue weighted by Gasteiger charge is 2.32. The molecule has 1 aromatic rings. The standard InChI is InChI=1S/C13H21N3O3S/c1-7-6-14-10(20-7)8(2)15-12(19)16-9(11(17)18)13(3,4)5/h6,8-9H,1-5H3,(H,17,18)(H2,15,16,19)/t8?,9-/m0/s1. The fourth-order valence-electron chi connectivity index (χ4n) is 1.65. The summed E-state index contributed by atoms with van der Waals surface area (Å²) in [6.07, 6.45) is 1.74. The Bertz CT molecular complexity index is 493. The summed E-state index contributed by atoms with van der Waals surface area (Å²) in [7, 11) is 0. The van der Waals surface area contributed by atoms with Gasteiger partial charge in [-0.25, -0.2) is 14.6 Å². The number of aryl methyl sites for hydroxylation is 1. The number of aromatic nitrogens is 1. The molecular formula is C13H21N3O3S. The van der Waals surface area contributed by atoms with Crippen LogP contribution in [-0.4, -0.2) is 28.1 Å². The quantitative estimate of drug-likeness (QED) is 0.795. The molecule has 0 aliphatic rings. The predicted molar refractivity (Wildman–Crippen MR) is 77.8 cm³/mol. The molecule has 0 spiro atoms. The average molecular weight is 299 g/mol. The summed E-state index contributed by atoms with van der Waals surface area (Å²) in [4.78, 5) is 28.3. The van der Waals surface area contributed by atoms with Gasteiger partial charge in [0.25, 0.3) is 0 Å². The summed E-state index contributed by atoms with van der Waals surface area (Å²) in [5, 5.41) is 15.1. The molecule has 6 nitrogen and oxygen atoms in total. The number of aliphatic carboxylic acids is 1. The van der Waals surface area contributed by atoms with Crippen LogP contribution in [0.5, 0.6) is 0 Å². The highest BCUT2D eigenvalue weighted by Crippen LogP contribution is 2.21. The smallest absolute Gasteiger partial charge is 0.326 e. The largest absolute Gasteiger partial charge is 0.480 e. The van der Waals surface area contributed by atoms with E-state index in [2.05, 4.69) is 15.6 Å². The van der Waals surface area contributed by atoms with Crippen LogP contribution in [-0.2, 0) is 4.79 Å². The average Bonchev–Trinajstić information content (AvgIpc) is 2.70. The minimum absolute atomic E-state index is 0.261. The van der Waals surface area contributed by atoms with Crippen LogP contribution >= 0.6 is 11.3 Å². The number of nitrogens with zero attached hydrogens (tertiary/aromatic N) is 1. The molecule has 0 fully saturated rings. The van der Waals surface area contributed by atoms with Gasteiger partial charge in [0.15, 0.2) is 0 Å². The maximum Gasteiger partial charge on any atom is 0.326 e. The third kappa shape index (κ3) is 4.48. The summed E-state index contributed by atoms with van der Waals surface area (Å²) in [5.74, 6) is -1.05. The molecule has 1 heterocycles. The Morgan fingerprint density at radius 1 is 1.35 bits per heavy atom. The van der Waals surface area contributed by atoms with Crippen molar-refractivity contribution in [3.8, 4) is 0 Å². The normalized spacial score (nSPS) is 14.4. The lowest BCUT2D eigenvalue weighted by Gasteiger charge is -2.28. The minimum atomic E-state index is -1.05. The molecule has 112 valence electrons. The number of thiazole rings is 1. The van der Waals surface area contributed by atoms with Crippen LogP contribution in [0.3, 0.4) is 0 Å². The molecule has 1 unspecified atom stereocenters. The number of carboxylic acids is 1. The SMILES string of the molecule is Cc1cnc(C(C)NC(=O)N[C@@H](C(=O)O)C(C)(C)C)s1. The lowest BCUT2D eigenvalue weighted by atomic mass is 9.87. The zero-order valence-electron chi connectivity index (χ0n) is 12.4. The lowest BCUT2D eigenvalue weighted by Crippen LogP contribution is -2.52. The number of hydrogen-bond donors (Lipinski definition) is 3. The van der Waals surface area contributed by atoms with Crippen molar-refractivity contribution in [1.82, 2.24) is 15.6 Å². The summed E-state index contributed by atoms with van der Waals surface area (Å²) in [6, 6.07) is -1.72. The third-order valence-corrected chi connectivity index (χ3v) is 3.84. The van der Waals surface area contributed by atoms with Gasteiger partial charge < -0.3 is 15.7 Å². The predicted octanol–water partition coefficient (Wildman–Crippen LogP) is 2.31. The number of urea groups is 1. The number of carbonyl (C=O) groups is 2. The maximum atomic E-state index is 11.9. The van der Waals surface area contributed by atoms with Crippen LogP contribution in [0.25, 0.3) is 0 Å². The Kier molecular flexibility index (Phi) is 5.10. The fraction of sp³-hybridized carbons (Fsp3) is 0.615. The summed E-state index contributed by atoms with van der Waals surface area (Å²) < 4.78 is 0. The molecule has 0 aromatic carbocycles. The molecule has 3 N–H and O–H groups in total. The second-order valence-corrected chi connectivity index (χ2v) is 7.05. The molecule has 0 saturated heterocycles. The molecule has 2 atom stereocenters. The van der Waals surface area contributed by atoms with Crippen molar-refractivity contribution in [2.45, 2.75) is 46.7 Å². The van der Waals surface area contributed by atoms with E-state index in [1.807, 2.05) is 13.8 Å². The van der Waals surface area contributed by atoms with Gasteiger partial charge in [0.1, 0.15) is 11.0 Å². The van der Waals surface area contributed by atoms with Crippen molar-refractivity contribution in [3.05, 3.63) is 16.1 Å². The summed E-state index contributed by atoms with van der Waals surface area (Å²) in [6.45, 7) is 9.04. The van der Waals surface area contributed by atoms with E-state index in [0.717, 1.165) is 9.88 Å². The van der Waals surface area contributed by atoms with E-state index in [-0.39, 0.29) is 6.04 Å². The van der Waals surface area contributed by atoms with E-state index in [1.165, 1.54) is 11.3 Å². The number of carboxylic acid groups (broad SMARTS) is 1. The highest BCUT2D eigenvalue weighted by molar-refractivity contribution is 7.11. The molecule has 1 aromatic heterocycles. The van der Waals surface area contributed by atoms with Crippen molar-refractivity contribution in [2.24, 2.45) is 5.41 Å². The molecule has 1 rings (SSSR count). The molecule has 7 heteroatoms. The molecular weight excluding hydrogens is 278 g/mol. The van der Waals surface area contributed by atoms with Gasteiger partial charge in [0.05, 0.1) is 6.04 Å². The Labute approximate surface area is 122 Å². The first-order chi connectivity index (χ1) is 9.11. The Balaban J connectivity index is 2.65. The molecule has 0 aliphatic carbocycles. The minimum Gasteiger partial charge on any atom is -0.480 e. The second-order valence-electron chi connectivity index (χ2n) is 5.79. The monoisotopic (exact) mass is 299 g/mol. The third-order valence-electron chi connectivity index (χ3n) is 2.75. The first kappa shape index (κ1) is 16.4. The van der Waals surface area contributed by atoms with Crippen molar-refractivity contribution < 1.29 is 14.7 Å². The van der Waals surface area contributed by atoms with Crippen LogP contribution in [0.4, 0.5) is 4.79 Å². The van der Waals surface area contributed by atoms with Gasteiger partial charge in [0, 0.05) is 11.1 Å². The van der Waals surface area contributed by atoms with Gasteiger partial charge >= 0.3 is 12.0 Å². The first-order valence-corrected chi connectivity index (χ1v) is 7.15. The van der Waals surface area contributed by atoms with Gasteiger partial charge in [0.2, 0.25) is 0 Å². The van der Waals surface area contributed by atoms with Crippen molar-refractivity contribution in [3.63, 3.8) is 0 Å². The van der Waals surface area contributed by atoms with E-state index in [0.29, 0.717) is 0 Å². The first-order valence-electron chi connectivity index (χ1n) is 6.33. The zero-order chi connectivity index (χ0) is 15.5. The second kappa shape index (κ2) is 6.21. The molecule has 0 bridgehead atoms. The Morgan fingerprint density at radius 3 is 2.35 bits per heavy atom. The van der Waals surface area contributed by atoms with Gasteiger partial charge in [-0.15, -0.1) is 11.3 Å². The van der Waals surface area contributed by atoms with Crippen LogP contribution in [0.1, 0.15) is 43.6 Å². The number of carbonyl (C=O) groups excluding carboxylic acids is 1. The van der Waals surface area contributed by atoms with Gasteiger partial charge in [-0.05, 0) is 19.3 Å². The van der Waals surface area contributed by atoms with E-state index < -0.39 is 23.5 Å². The van der Waals surface area contributed by atoms with Gasteiger partial charge in [-0.3, -0.25) is 0 Å². The van der Waals surface area contributed by atoms with Crippen LogP contribution in [0, 0.1) is 12.3 Å². The van der Waals surface area contributed by atoms with Crippen molar-refractivity contribution >= 4 is 23.3 Å². The number of hydrogen-bond acceptors (Lipinski definition) is 4. The number of amides is 2. The number of rotatable bonds is 4. The topological polar surface area (TPSA) is 91.3 Å². The number of nitrogens with one attached hydrogen (secondary N) is 2. The van der Waals surface area contributed by atoms with Crippen LogP contribution in [0.15, 0.2) is 6.20 Å². The lowest BCUT2D eigenvalue weighted by molar-refractivity contribution is -0.141. The maximum absolute atomic E-state index is 11.9. The van der Waals surface area contributed by atoms with Crippen LogP contribution < -0.4 is 10.6 Å². The molecule has 0 aliphatic heterocycles. The summed E-state index contributed by atoms with van der Waals surface area (Å²) in [5.41, 5.74) is -0.565. The molecule has 0 radical (unpaired) electrons. The molecule has 2 amide bonds.